The fourth-order valence-electron chi connectivity index (χ4n) is 19.1. The molecule has 0 aromatic heterocycles. The van der Waals surface area contributed by atoms with Gasteiger partial charge < -0.3 is 79.5 Å². The molecule has 6 aliphatic rings. The molecule has 6 aliphatic carbocycles. The molecule has 6 rings (SSSR count). The Hall–Kier alpha value is -5.61. The summed E-state index contributed by atoms with van der Waals surface area (Å²) in [4.78, 5) is 102. The number of aliphatic hydroxyl groups is 4. The van der Waals surface area contributed by atoms with Gasteiger partial charge in [0.15, 0.2) is 33.3 Å². The third kappa shape index (κ3) is 60.1. The highest BCUT2D eigenvalue weighted by Gasteiger charge is 2.36. The van der Waals surface area contributed by atoms with E-state index in [2.05, 4.69) is 94.3 Å². The Labute approximate surface area is 756 Å². The summed E-state index contributed by atoms with van der Waals surface area (Å²) in [7, 11) is -7.39. The predicted octanol–water partition coefficient (Wildman–Crippen LogP) is 17.5. The summed E-state index contributed by atoms with van der Waals surface area (Å²) in [5.41, 5.74) is 0. The average molecular weight is 1830 g/mol. The van der Waals surface area contributed by atoms with Crippen LogP contribution in [0.25, 0.3) is 0 Å². The number of amides is 6. The van der Waals surface area contributed by atoms with Gasteiger partial charge in [0.05, 0.1) is 25.3 Å². The van der Waals surface area contributed by atoms with Gasteiger partial charge in [0.2, 0.25) is 35.8 Å². The number of aliphatic imine (C=N–C) groups is 2. The molecule has 718 valence electrons. The Morgan fingerprint density at radius 1 is 0.328 bits per heavy atom. The van der Waals surface area contributed by atoms with Crippen molar-refractivity contribution >= 4 is 81.2 Å². The number of hydrogen-bond donors (Lipinski definition) is 10. The average Bonchev–Trinajstić information content (AvgIpc) is 0.886. The number of hydrogen-bond acceptors (Lipinski definition) is 22. The van der Waals surface area contributed by atoms with Crippen LogP contribution in [0.2, 0.25) is 76.6 Å². The van der Waals surface area contributed by atoms with E-state index in [0.29, 0.717) is 71.0 Å². The number of unbranched alkanes of at least 4 members (excludes halogenated alkanes) is 9. The number of rotatable bonds is 57. The number of nitrogens with zero attached hydrogens (tertiary/aromatic N) is 4. The maximum Gasteiger partial charge on any atom is 0.407 e. The van der Waals surface area contributed by atoms with Crippen LogP contribution in [0.5, 0.6) is 0 Å². The summed E-state index contributed by atoms with van der Waals surface area (Å²) in [5.74, 6) is 4.82. The summed E-state index contributed by atoms with van der Waals surface area (Å²) in [6, 6.07) is 4.78. The molecule has 28 nitrogen and oxygen atoms in total. The summed E-state index contributed by atoms with van der Waals surface area (Å²) in [6.07, 6.45) is 53.3. The zero-order valence-electron chi connectivity index (χ0n) is 78.8. The SMILES string of the molecule is C[Si](C)(CCCNC(=O)CCCCCO)O[Si](C)(C)CCCNC(=O)CCCCCO.C[Si](C)(CCCNC(=O)CCCCCOC(=O)NC1CCC(CC2CCC(N=C=O)CC2)CC1)O[Si](C)(C)CCCNC(=O)CCCCCOC(=O)NC1CCC(CC2CCC(OC#N)CC2)CC1.N#COC1CCC(CC2CCC(N=C=O)CC2)CC1.OCCCCO. The van der Waals surface area contributed by atoms with Gasteiger partial charge in [0.25, 0.3) is 12.5 Å². The lowest BCUT2D eigenvalue weighted by molar-refractivity contribution is -0.122. The zero-order valence-corrected chi connectivity index (χ0v) is 82.8. The minimum Gasteiger partial charge on any atom is -0.455 e. The highest BCUT2D eigenvalue weighted by atomic mass is 28.4. The van der Waals surface area contributed by atoms with Crippen molar-refractivity contribution < 1.29 is 86.0 Å². The van der Waals surface area contributed by atoms with E-state index in [1.807, 2.05) is 12.5 Å². The van der Waals surface area contributed by atoms with E-state index in [-0.39, 0.29) is 98.6 Å². The second kappa shape index (κ2) is 69.3. The first kappa shape index (κ1) is 114. The summed E-state index contributed by atoms with van der Waals surface area (Å²) >= 11 is 0. The van der Waals surface area contributed by atoms with Crippen molar-refractivity contribution in [2.24, 2.45) is 45.5 Å². The molecule has 125 heavy (non-hydrogen) atoms. The lowest BCUT2D eigenvalue weighted by atomic mass is 9.76. The van der Waals surface area contributed by atoms with Gasteiger partial charge in [0, 0.05) is 90.4 Å². The fraction of sp³-hybridized carbons (Fsp3) is 0.892. The van der Waals surface area contributed by atoms with Crippen LogP contribution in [0.1, 0.15) is 315 Å². The predicted molar refractivity (Wildman–Crippen MR) is 500 cm³/mol. The number of nitriles is 2. The van der Waals surface area contributed by atoms with E-state index in [1.165, 1.54) is 44.9 Å². The third-order valence-corrected chi connectivity index (χ3v) is 41.0. The first-order valence-corrected chi connectivity index (χ1v) is 61.5. The summed E-state index contributed by atoms with van der Waals surface area (Å²) in [6.45, 7) is 22.3. The lowest BCUT2D eigenvalue weighted by Gasteiger charge is -2.34. The molecule has 0 unspecified atom stereocenters. The van der Waals surface area contributed by atoms with Crippen molar-refractivity contribution in [3.05, 3.63) is 0 Å². The van der Waals surface area contributed by atoms with Crippen LogP contribution in [0.4, 0.5) is 9.59 Å². The van der Waals surface area contributed by atoms with E-state index < -0.39 is 33.3 Å². The number of ether oxygens (including phenoxy) is 4. The van der Waals surface area contributed by atoms with Gasteiger partial charge in [-0.05, 0) is 388 Å². The van der Waals surface area contributed by atoms with Crippen LogP contribution < -0.4 is 31.9 Å². The van der Waals surface area contributed by atoms with Crippen LogP contribution in [0.15, 0.2) is 9.98 Å². The minimum absolute atomic E-state index is 0.0642. The fourth-order valence-corrected chi connectivity index (χ4v) is 36.8. The molecule has 0 atom stereocenters. The molecular weight excluding hydrogens is 1660 g/mol. The normalized spacial score (nSPS) is 22.6. The highest BCUT2D eigenvalue weighted by Crippen LogP contribution is 2.40. The topological polar surface area (TPSA) is 417 Å². The number of alkyl carbamates (subject to hydrolysis) is 2. The molecular formula is C93H172N10O18Si4. The molecule has 0 aromatic rings. The molecule has 0 spiro atoms. The Bertz CT molecular complexity index is 3010. The van der Waals surface area contributed by atoms with Crippen LogP contribution >= 0.6 is 0 Å². The maximum absolute atomic E-state index is 12.5. The molecule has 0 heterocycles. The Morgan fingerprint density at radius 2 is 0.568 bits per heavy atom. The molecule has 6 amide bonds. The molecule has 0 aliphatic heterocycles. The van der Waals surface area contributed by atoms with E-state index >= 15 is 0 Å². The van der Waals surface area contributed by atoms with Gasteiger partial charge >= 0.3 is 12.2 Å². The van der Waals surface area contributed by atoms with Gasteiger partial charge in [-0.15, -0.1) is 0 Å². The first-order chi connectivity index (χ1) is 60.0. The second-order valence-electron chi connectivity index (χ2n) is 39.1. The first-order valence-electron chi connectivity index (χ1n) is 49.1. The Kier molecular flexibility index (Phi) is 63.0. The van der Waals surface area contributed by atoms with E-state index in [1.54, 1.807) is 12.2 Å². The highest BCUT2D eigenvalue weighted by molar-refractivity contribution is 6.85. The van der Waals surface area contributed by atoms with E-state index in [0.717, 1.165) is 298 Å². The summed E-state index contributed by atoms with van der Waals surface area (Å²) in [5, 5.41) is 69.2. The Balaban J connectivity index is 0.000000583. The molecule has 6 saturated carbocycles. The lowest BCUT2D eigenvalue weighted by Crippen LogP contribution is -2.45. The largest absolute Gasteiger partial charge is 0.455 e. The quantitative estimate of drug-likeness (QED) is 0.00889. The van der Waals surface area contributed by atoms with Gasteiger partial charge in [0.1, 0.15) is 12.2 Å². The van der Waals surface area contributed by atoms with Crippen LogP contribution in [0.3, 0.4) is 0 Å². The molecule has 0 aromatic carbocycles. The maximum atomic E-state index is 12.5. The van der Waals surface area contributed by atoms with Gasteiger partial charge in [-0.2, -0.15) is 10.5 Å². The van der Waals surface area contributed by atoms with E-state index in [9.17, 15) is 38.4 Å². The monoisotopic (exact) mass is 1830 g/mol. The smallest absolute Gasteiger partial charge is 0.407 e. The van der Waals surface area contributed by atoms with Crippen LogP contribution in [0, 0.1) is 58.5 Å². The number of nitrogens with one attached hydrogen (secondary N) is 6. The number of carbonyl (C=O) groups excluding carboxylic acids is 8. The van der Waals surface area contributed by atoms with Crippen molar-refractivity contribution in [2.45, 2.75) is 428 Å². The number of carbonyl (C=O) groups is 6. The molecule has 0 saturated heterocycles. The Morgan fingerprint density at radius 3 is 0.816 bits per heavy atom. The van der Waals surface area contributed by atoms with E-state index in [4.69, 9.17) is 58.1 Å². The molecule has 0 bridgehead atoms. The third-order valence-electron chi connectivity index (χ3n) is 25.9. The van der Waals surface area contributed by atoms with Crippen LogP contribution in [-0.4, -0.2) is 204 Å². The summed E-state index contributed by atoms with van der Waals surface area (Å²) < 4.78 is 34.5. The standard InChI is InChI=1S/C52H92N6O9Si2.C22H48N2O5Si2.C15H22N2O2.C4H10O2/c1-68(2,35-11-31-54-49(60)13-7-5-9-33-64-51(62)57-46-25-17-42(18-26-46)37-41-15-23-45(24-16-41)56-40-59)67-69(3,4)36-12-32-55-50(61)14-8-6-10-34-65-52(63)58-47-27-19-43(20-28-47)38-44-21-29-48(30-22-44)66-39-53;1-30(2,19-11-15-23-21(27)13-7-5-9-17-25)29-31(3,4)20-12-16-24-22(28)14-8-6-10-18-26;16-10-19-15-7-3-13(4-8-15)9-12-1-5-14(6-2-12)17-11-18;5-3-1-2-4-6/h41-48H,5-38H2,1-4H3,(H,54,60)(H,55,61)(H,57,62)(H,58,63);25-26H,5-20H2,1-4H3,(H,23,27)(H,24,28);12-15H,1-9H2;5-6H,1-4H2. The molecule has 10 N–H and O–H groups in total. The minimum atomic E-state index is -1.91. The molecule has 0 radical (unpaired) electrons. The zero-order chi connectivity index (χ0) is 91.7. The molecule has 6 fully saturated rings. The van der Waals surface area contributed by atoms with Gasteiger partial charge in [-0.1, -0.05) is 12.8 Å². The number of isocyanates is 2. The van der Waals surface area contributed by atoms with Gasteiger partial charge in [-0.25, -0.2) is 29.2 Å². The van der Waals surface area contributed by atoms with Gasteiger partial charge in [-0.3, -0.25) is 19.2 Å². The number of aliphatic hydroxyl groups excluding tert-OH is 4. The van der Waals surface area contributed by atoms with Crippen LogP contribution in [-0.2, 0) is 55.9 Å². The van der Waals surface area contributed by atoms with Crippen molar-refractivity contribution in [1.82, 2.24) is 31.9 Å². The van der Waals surface area contributed by atoms with Crippen molar-refractivity contribution in [3.8, 4) is 12.5 Å². The molecule has 32 heteroatoms. The van der Waals surface area contributed by atoms with Crippen molar-refractivity contribution in [2.75, 3.05) is 65.8 Å². The van der Waals surface area contributed by atoms with Crippen molar-refractivity contribution in [3.63, 3.8) is 0 Å². The van der Waals surface area contributed by atoms with Crippen molar-refractivity contribution in [1.29, 1.82) is 10.5 Å². The second-order valence-corrected chi connectivity index (χ2v) is 56.8.